The number of carboxylic acids is 1. The van der Waals surface area contributed by atoms with Crippen molar-refractivity contribution in [1.82, 2.24) is 4.98 Å². The van der Waals surface area contributed by atoms with Gasteiger partial charge in [0.15, 0.2) is 5.89 Å². The highest BCUT2D eigenvalue weighted by Gasteiger charge is 2.28. The first-order valence-electron chi connectivity index (χ1n) is 5.87. The molecule has 0 saturated heterocycles. The molecule has 0 aromatic carbocycles. The molecular weight excluding hydrogens is 238 g/mol. The van der Waals surface area contributed by atoms with Gasteiger partial charge in [-0.25, -0.2) is 4.98 Å². The van der Waals surface area contributed by atoms with Gasteiger partial charge in [-0.3, -0.25) is 9.59 Å². The molecule has 0 fully saturated rings. The number of ether oxygens (including phenoxy) is 1. The smallest absolute Gasteiger partial charge is 0.306 e. The van der Waals surface area contributed by atoms with Crippen LogP contribution in [-0.4, -0.2) is 29.1 Å². The third kappa shape index (κ3) is 2.69. The highest BCUT2D eigenvalue weighted by molar-refractivity contribution is 5.70. The molecule has 1 aromatic rings. The van der Waals surface area contributed by atoms with Crippen molar-refractivity contribution >= 4 is 11.9 Å². The third-order valence-corrected chi connectivity index (χ3v) is 3.10. The average molecular weight is 253 g/mol. The molecule has 1 heterocycles. The summed E-state index contributed by atoms with van der Waals surface area (Å²) in [5.41, 5.74) is 0.826. The van der Waals surface area contributed by atoms with Gasteiger partial charge in [0.1, 0.15) is 5.76 Å². The van der Waals surface area contributed by atoms with Crippen LogP contribution in [0.4, 0.5) is 0 Å². The van der Waals surface area contributed by atoms with E-state index < -0.39 is 5.97 Å². The number of rotatable bonds is 4. The summed E-state index contributed by atoms with van der Waals surface area (Å²) in [5, 5.41) is 8.96. The monoisotopic (exact) mass is 253 g/mol. The predicted molar refractivity (Wildman–Crippen MR) is 60.0 cm³/mol. The van der Waals surface area contributed by atoms with E-state index in [1.807, 2.05) is 0 Å². The molecule has 6 heteroatoms. The summed E-state index contributed by atoms with van der Waals surface area (Å²) >= 11 is 0. The maximum absolute atomic E-state index is 11.0. The summed E-state index contributed by atoms with van der Waals surface area (Å²) in [7, 11) is 1.33. The van der Waals surface area contributed by atoms with Gasteiger partial charge in [0.05, 0.1) is 25.1 Å². The molecule has 1 aromatic heterocycles. The van der Waals surface area contributed by atoms with Crippen molar-refractivity contribution < 1.29 is 23.8 Å². The molecular formula is C12H15NO5. The second-order valence-corrected chi connectivity index (χ2v) is 4.33. The summed E-state index contributed by atoms with van der Waals surface area (Å²) < 4.78 is 10.0. The van der Waals surface area contributed by atoms with Crippen LogP contribution in [0.2, 0.25) is 0 Å². The van der Waals surface area contributed by atoms with Crippen molar-refractivity contribution in [3.63, 3.8) is 0 Å². The number of aryl methyl sites for hydroxylation is 2. The second kappa shape index (κ2) is 5.20. The van der Waals surface area contributed by atoms with Gasteiger partial charge in [0, 0.05) is 12.8 Å². The largest absolute Gasteiger partial charge is 0.481 e. The zero-order valence-electron chi connectivity index (χ0n) is 10.1. The topological polar surface area (TPSA) is 89.6 Å². The second-order valence-electron chi connectivity index (χ2n) is 4.33. The lowest BCUT2D eigenvalue weighted by atomic mass is 9.91. The van der Waals surface area contributed by atoms with Crippen molar-refractivity contribution in [3.05, 3.63) is 17.3 Å². The summed E-state index contributed by atoms with van der Waals surface area (Å²) in [6, 6.07) is 0. The number of carbonyl (C=O) groups is 2. The summed E-state index contributed by atoms with van der Waals surface area (Å²) in [6.07, 6.45) is 2.20. The molecule has 98 valence electrons. The lowest BCUT2D eigenvalue weighted by Gasteiger charge is -2.15. The molecule has 1 unspecified atom stereocenters. The van der Waals surface area contributed by atoms with Gasteiger partial charge in [0.25, 0.3) is 0 Å². The normalized spacial score (nSPS) is 18.2. The summed E-state index contributed by atoms with van der Waals surface area (Å²) in [6.45, 7) is 0. The first kappa shape index (κ1) is 12.6. The zero-order valence-corrected chi connectivity index (χ0v) is 10.1. The van der Waals surface area contributed by atoms with Gasteiger partial charge >= 0.3 is 11.9 Å². The molecule has 1 aliphatic rings. The van der Waals surface area contributed by atoms with Crippen LogP contribution < -0.4 is 0 Å². The van der Waals surface area contributed by atoms with E-state index in [4.69, 9.17) is 9.52 Å². The molecule has 0 aliphatic heterocycles. The van der Waals surface area contributed by atoms with Crippen molar-refractivity contribution in [2.75, 3.05) is 7.11 Å². The fourth-order valence-electron chi connectivity index (χ4n) is 2.06. The maximum Gasteiger partial charge on any atom is 0.306 e. The Hall–Kier alpha value is -1.85. The highest BCUT2D eigenvalue weighted by Crippen LogP contribution is 2.26. The molecule has 2 rings (SSSR count). The Labute approximate surface area is 104 Å². The van der Waals surface area contributed by atoms with Gasteiger partial charge in [-0.05, 0) is 12.8 Å². The quantitative estimate of drug-likeness (QED) is 0.804. The summed E-state index contributed by atoms with van der Waals surface area (Å²) in [4.78, 5) is 26.2. The molecule has 0 spiro atoms. The summed E-state index contributed by atoms with van der Waals surface area (Å²) in [5.74, 6) is -0.369. The number of methoxy groups -OCH3 is 1. The number of aromatic nitrogens is 1. The van der Waals surface area contributed by atoms with Crippen LogP contribution in [0.25, 0.3) is 0 Å². The minimum absolute atomic E-state index is 0.220. The van der Waals surface area contributed by atoms with E-state index in [1.165, 1.54) is 7.11 Å². The number of carbonyl (C=O) groups excluding carboxylic acids is 1. The van der Waals surface area contributed by atoms with E-state index in [0.717, 1.165) is 5.69 Å². The Morgan fingerprint density at radius 2 is 2.33 bits per heavy atom. The van der Waals surface area contributed by atoms with Crippen molar-refractivity contribution in [3.8, 4) is 0 Å². The van der Waals surface area contributed by atoms with Gasteiger partial charge < -0.3 is 14.3 Å². The van der Waals surface area contributed by atoms with Crippen LogP contribution in [-0.2, 0) is 33.6 Å². The van der Waals surface area contributed by atoms with Gasteiger partial charge in [-0.2, -0.15) is 0 Å². The van der Waals surface area contributed by atoms with Crippen LogP contribution in [0.15, 0.2) is 4.42 Å². The molecule has 0 amide bonds. The molecule has 1 atom stereocenters. The standard InChI is InChI=1S/C12H15NO5/c1-17-11(14)5-4-10-13-8-3-2-7(12(15)16)6-9(8)18-10/h7H,2-6H2,1H3,(H,15,16). The first-order valence-corrected chi connectivity index (χ1v) is 5.87. The molecule has 0 bridgehead atoms. The fraction of sp³-hybridized carbons (Fsp3) is 0.583. The predicted octanol–water partition coefficient (Wildman–Crippen LogP) is 0.970. The minimum atomic E-state index is -0.798. The number of hydrogen-bond acceptors (Lipinski definition) is 5. The lowest BCUT2D eigenvalue weighted by Crippen LogP contribution is -2.21. The van der Waals surface area contributed by atoms with Crippen molar-refractivity contribution in [1.29, 1.82) is 0 Å². The van der Waals surface area contributed by atoms with E-state index in [9.17, 15) is 9.59 Å². The van der Waals surface area contributed by atoms with Gasteiger partial charge in [-0.1, -0.05) is 0 Å². The molecule has 18 heavy (non-hydrogen) atoms. The van der Waals surface area contributed by atoms with Crippen molar-refractivity contribution in [2.45, 2.75) is 32.1 Å². The molecule has 0 saturated carbocycles. The van der Waals surface area contributed by atoms with E-state index in [2.05, 4.69) is 9.72 Å². The molecule has 6 nitrogen and oxygen atoms in total. The van der Waals surface area contributed by atoms with Crippen LogP contribution in [0.3, 0.4) is 0 Å². The Balaban J connectivity index is 2.01. The van der Waals surface area contributed by atoms with Gasteiger partial charge in [0.2, 0.25) is 0 Å². The molecule has 1 aliphatic carbocycles. The first-order chi connectivity index (χ1) is 8.60. The van der Waals surface area contributed by atoms with Crippen molar-refractivity contribution in [2.24, 2.45) is 5.92 Å². The number of aliphatic carboxylic acids is 1. The zero-order chi connectivity index (χ0) is 13.1. The van der Waals surface area contributed by atoms with Gasteiger partial charge in [-0.15, -0.1) is 0 Å². The van der Waals surface area contributed by atoms with Crippen LogP contribution in [0.5, 0.6) is 0 Å². The van der Waals surface area contributed by atoms with Crippen LogP contribution in [0.1, 0.15) is 30.2 Å². The molecule has 1 N–H and O–H groups in total. The SMILES string of the molecule is COC(=O)CCc1nc2c(o1)CC(C(=O)O)CC2. The number of hydrogen-bond donors (Lipinski definition) is 1. The van der Waals surface area contributed by atoms with Crippen LogP contribution in [0, 0.1) is 5.92 Å². The van der Waals surface area contributed by atoms with E-state index in [-0.39, 0.29) is 18.3 Å². The van der Waals surface area contributed by atoms with E-state index >= 15 is 0 Å². The number of fused-ring (bicyclic) bond motifs is 1. The Kier molecular flexibility index (Phi) is 3.64. The highest BCUT2D eigenvalue weighted by atomic mass is 16.5. The lowest BCUT2D eigenvalue weighted by molar-refractivity contribution is -0.142. The third-order valence-electron chi connectivity index (χ3n) is 3.10. The Morgan fingerprint density at radius 1 is 1.56 bits per heavy atom. The Bertz CT molecular complexity index is 465. The minimum Gasteiger partial charge on any atom is -0.481 e. The average Bonchev–Trinajstić information content (AvgIpc) is 2.77. The number of esters is 1. The molecule has 0 radical (unpaired) electrons. The van der Waals surface area contributed by atoms with Crippen LogP contribution >= 0.6 is 0 Å². The number of oxazole rings is 1. The van der Waals surface area contributed by atoms with E-state index in [0.29, 0.717) is 37.3 Å². The van der Waals surface area contributed by atoms with E-state index in [1.54, 1.807) is 0 Å². The maximum atomic E-state index is 11.0. The Morgan fingerprint density at radius 3 is 3.00 bits per heavy atom. The fourth-order valence-corrected chi connectivity index (χ4v) is 2.06. The number of carboxylic acid groups (broad SMARTS) is 1. The number of nitrogens with zero attached hydrogens (tertiary/aromatic N) is 1.